The molecule has 0 aromatic heterocycles. The third kappa shape index (κ3) is 1.08. The fourth-order valence-corrected chi connectivity index (χ4v) is 1.02. The molecule has 0 bridgehead atoms. The largest absolute Gasteiger partial charge is 0.395 e. The van der Waals surface area contributed by atoms with Crippen molar-refractivity contribution in [1.29, 1.82) is 0 Å². The van der Waals surface area contributed by atoms with Gasteiger partial charge in [-0.05, 0) is 12.8 Å². The second-order valence-corrected chi connectivity index (χ2v) is 2.56. The molecule has 1 aliphatic rings. The first-order valence-corrected chi connectivity index (χ1v) is 3.17. The van der Waals surface area contributed by atoms with E-state index in [2.05, 4.69) is 0 Å². The fraction of sp³-hybridized carbons (Fsp3) is 1.00. The summed E-state index contributed by atoms with van der Waals surface area (Å²) < 4.78 is 5.12. The smallest absolute Gasteiger partial charge is 0.0853 e. The quantitative estimate of drug-likeness (QED) is 0.542. The van der Waals surface area contributed by atoms with E-state index in [0.29, 0.717) is 0 Å². The summed E-state index contributed by atoms with van der Waals surface area (Å²) in [6.07, 6.45) is 1.98. The van der Waals surface area contributed by atoms with Crippen LogP contribution in [0.2, 0.25) is 0 Å². The van der Waals surface area contributed by atoms with Crippen LogP contribution in [0.25, 0.3) is 0 Å². The van der Waals surface area contributed by atoms with E-state index in [-0.39, 0.29) is 18.2 Å². The highest BCUT2D eigenvalue weighted by Crippen LogP contribution is 2.40. The lowest BCUT2D eigenvalue weighted by molar-refractivity contribution is 0.0384. The Morgan fingerprint density at radius 1 is 1.78 bits per heavy atom. The van der Waals surface area contributed by atoms with Gasteiger partial charge in [-0.15, -0.1) is 0 Å². The molecule has 0 aromatic rings. The van der Waals surface area contributed by atoms with E-state index >= 15 is 0 Å². The monoisotopic (exact) mass is 131 g/mol. The highest BCUT2D eigenvalue weighted by atomic mass is 16.5. The van der Waals surface area contributed by atoms with Gasteiger partial charge in [-0.2, -0.15) is 0 Å². The van der Waals surface area contributed by atoms with Crippen LogP contribution in [0.15, 0.2) is 0 Å². The average Bonchev–Trinajstić information content (AvgIpc) is 2.66. The van der Waals surface area contributed by atoms with Gasteiger partial charge in [-0.25, -0.2) is 0 Å². The van der Waals surface area contributed by atoms with Gasteiger partial charge >= 0.3 is 0 Å². The van der Waals surface area contributed by atoms with Crippen molar-refractivity contribution in [2.75, 3.05) is 13.7 Å². The summed E-state index contributed by atoms with van der Waals surface area (Å²) in [6.45, 7) is 0.0217. The number of aliphatic hydroxyl groups is 1. The Balaban J connectivity index is 2.39. The first kappa shape index (κ1) is 6.99. The summed E-state index contributed by atoms with van der Waals surface area (Å²) in [6, 6.07) is -0.192. The Morgan fingerprint density at radius 3 is 2.44 bits per heavy atom. The third-order valence-corrected chi connectivity index (χ3v) is 2.02. The summed E-state index contributed by atoms with van der Waals surface area (Å²) >= 11 is 0. The zero-order valence-corrected chi connectivity index (χ0v) is 5.63. The van der Waals surface area contributed by atoms with Gasteiger partial charge in [0, 0.05) is 7.11 Å². The molecule has 1 atom stereocenters. The van der Waals surface area contributed by atoms with E-state index in [9.17, 15) is 0 Å². The van der Waals surface area contributed by atoms with Crippen LogP contribution in [-0.2, 0) is 4.74 Å². The highest BCUT2D eigenvalue weighted by Gasteiger charge is 2.48. The van der Waals surface area contributed by atoms with Gasteiger partial charge in [0.15, 0.2) is 0 Å². The minimum absolute atomic E-state index is 0.0217. The molecule has 0 spiro atoms. The molecular formula is C6H13NO2. The van der Waals surface area contributed by atoms with Gasteiger partial charge in [0.1, 0.15) is 0 Å². The minimum Gasteiger partial charge on any atom is -0.395 e. The van der Waals surface area contributed by atoms with Crippen LogP contribution >= 0.6 is 0 Å². The van der Waals surface area contributed by atoms with Gasteiger partial charge in [-0.1, -0.05) is 0 Å². The third-order valence-electron chi connectivity index (χ3n) is 2.02. The SMILES string of the molecule is COC1([C@H](N)CO)CC1. The molecule has 54 valence electrons. The molecule has 0 heterocycles. The number of ether oxygens (including phenoxy) is 1. The van der Waals surface area contributed by atoms with E-state index in [1.54, 1.807) is 7.11 Å². The topological polar surface area (TPSA) is 55.5 Å². The highest BCUT2D eigenvalue weighted by molar-refractivity contribution is 5.03. The maximum absolute atomic E-state index is 8.64. The van der Waals surface area contributed by atoms with Crippen LogP contribution in [0.1, 0.15) is 12.8 Å². The predicted molar refractivity (Wildman–Crippen MR) is 34.0 cm³/mol. The summed E-state index contributed by atoms with van der Waals surface area (Å²) in [7, 11) is 1.64. The molecule has 3 heteroatoms. The molecule has 0 aromatic carbocycles. The molecule has 1 fully saturated rings. The van der Waals surface area contributed by atoms with E-state index in [4.69, 9.17) is 15.6 Å². The van der Waals surface area contributed by atoms with Crippen molar-refractivity contribution in [2.24, 2.45) is 5.73 Å². The Morgan fingerprint density at radius 2 is 2.33 bits per heavy atom. The van der Waals surface area contributed by atoms with Gasteiger partial charge < -0.3 is 15.6 Å². The number of nitrogens with two attached hydrogens (primary N) is 1. The molecule has 0 amide bonds. The Kier molecular flexibility index (Phi) is 1.75. The molecule has 1 saturated carbocycles. The van der Waals surface area contributed by atoms with Crippen LogP contribution in [0, 0.1) is 0 Å². The first-order valence-electron chi connectivity index (χ1n) is 3.17. The summed E-state index contributed by atoms with van der Waals surface area (Å²) in [5.74, 6) is 0. The van der Waals surface area contributed by atoms with E-state index in [0.717, 1.165) is 12.8 Å². The molecule has 1 rings (SSSR count). The van der Waals surface area contributed by atoms with Crippen LogP contribution < -0.4 is 5.73 Å². The normalized spacial score (nSPS) is 25.7. The lowest BCUT2D eigenvalue weighted by Crippen LogP contribution is -2.41. The van der Waals surface area contributed by atoms with Crippen molar-refractivity contribution in [3.63, 3.8) is 0 Å². The lowest BCUT2D eigenvalue weighted by atomic mass is 10.1. The second kappa shape index (κ2) is 2.25. The van der Waals surface area contributed by atoms with Crippen molar-refractivity contribution >= 4 is 0 Å². The Labute approximate surface area is 54.8 Å². The maximum atomic E-state index is 8.64. The van der Waals surface area contributed by atoms with E-state index in [1.807, 2.05) is 0 Å². The molecule has 3 N–H and O–H groups in total. The molecule has 9 heavy (non-hydrogen) atoms. The van der Waals surface area contributed by atoms with Crippen LogP contribution in [0.5, 0.6) is 0 Å². The minimum atomic E-state index is -0.192. The van der Waals surface area contributed by atoms with E-state index < -0.39 is 0 Å². The van der Waals surface area contributed by atoms with Crippen LogP contribution in [0.4, 0.5) is 0 Å². The molecule has 0 unspecified atom stereocenters. The molecular weight excluding hydrogens is 118 g/mol. The van der Waals surface area contributed by atoms with Crippen molar-refractivity contribution in [1.82, 2.24) is 0 Å². The standard InChI is InChI=1S/C6H13NO2/c1-9-6(2-3-6)5(7)4-8/h5,8H,2-4,7H2,1H3/t5-/m1/s1. The Bertz CT molecular complexity index is 101. The lowest BCUT2D eigenvalue weighted by Gasteiger charge is -2.18. The molecule has 1 aliphatic carbocycles. The van der Waals surface area contributed by atoms with Crippen LogP contribution in [-0.4, -0.2) is 30.5 Å². The molecule has 0 aliphatic heterocycles. The maximum Gasteiger partial charge on any atom is 0.0853 e. The summed E-state index contributed by atoms with van der Waals surface area (Å²) in [4.78, 5) is 0. The summed E-state index contributed by atoms with van der Waals surface area (Å²) in [5, 5.41) is 8.64. The number of aliphatic hydroxyl groups excluding tert-OH is 1. The fourth-order valence-electron chi connectivity index (χ4n) is 1.02. The molecule has 0 saturated heterocycles. The van der Waals surface area contributed by atoms with Gasteiger partial charge in [-0.3, -0.25) is 0 Å². The van der Waals surface area contributed by atoms with Gasteiger partial charge in [0.25, 0.3) is 0 Å². The number of hydrogen-bond acceptors (Lipinski definition) is 3. The number of methoxy groups -OCH3 is 1. The van der Waals surface area contributed by atoms with Crippen molar-refractivity contribution < 1.29 is 9.84 Å². The zero-order valence-electron chi connectivity index (χ0n) is 5.63. The summed E-state index contributed by atoms with van der Waals surface area (Å²) in [5.41, 5.74) is 5.38. The van der Waals surface area contributed by atoms with Gasteiger partial charge in [0.2, 0.25) is 0 Å². The first-order chi connectivity index (χ1) is 4.25. The van der Waals surface area contributed by atoms with Crippen molar-refractivity contribution in [3.8, 4) is 0 Å². The number of hydrogen-bond donors (Lipinski definition) is 2. The zero-order chi connectivity index (χ0) is 6.91. The average molecular weight is 131 g/mol. The van der Waals surface area contributed by atoms with E-state index in [1.165, 1.54) is 0 Å². The van der Waals surface area contributed by atoms with Crippen molar-refractivity contribution in [3.05, 3.63) is 0 Å². The predicted octanol–water partition coefficient (Wildman–Crippen LogP) is -0.515. The molecule has 0 radical (unpaired) electrons. The van der Waals surface area contributed by atoms with Gasteiger partial charge in [0.05, 0.1) is 18.2 Å². The molecule has 3 nitrogen and oxygen atoms in total. The second-order valence-electron chi connectivity index (χ2n) is 2.56. The number of rotatable bonds is 3. The van der Waals surface area contributed by atoms with Crippen LogP contribution in [0.3, 0.4) is 0 Å². The van der Waals surface area contributed by atoms with Crippen molar-refractivity contribution in [2.45, 2.75) is 24.5 Å². The Hall–Kier alpha value is -0.120.